The zero-order chi connectivity index (χ0) is 11.1. The van der Waals surface area contributed by atoms with Crippen molar-refractivity contribution in [3.8, 4) is 0 Å². The van der Waals surface area contributed by atoms with Gasteiger partial charge in [-0.25, -0.2) is 0 Å². The first kappa shape index (κ1) is 11.7. The number of nitrogens with zero attached hydrogens (tertiary/aromatic N) is 2. The third-order valence-electron chi connectivity index (χ3n) is 2.27. The molecule has 4 heteroatoms. The number of aromatic nitrogens is 1. The predicted molar refractivity (Wildman–Crippen MR) is 62.0 cm³/mol. The Morgan fingerprint density at radius 1 is 1.53 bits per heavy atom. The first-order valence-corrected chi connectivity index (χ1v) is 5.09. The van der Waals surface area contributed by atoms with Gasteiger partial charge in [-0.1, -0.05) is 6.07 Å². The average molecular weight is 206 g/mol. The fraction of sp³-hybridized carbons (Fsp3) is 0.455. The van der Waals surface area contributed by atoms with Crippen LogP contribution in [-0.4, -0.2) is 35.9 Å². The topological polar surface area (TPSA) is 66.0 Å². The Morgan fingerprint density at radius 2 is 2.33 bits per heavy atom. The summed E-state index contributed by atoms with van der Waals surface area (Å²) in [6, 6.07) is 4.02. The van der Waals surface area contributed by atoms with E-state index in [9.17, 15) is 0 Å². The van der Waals surface area contributed by atoms with Crippen LogP contribution in [0.5, 0.6) is 0 Å². The SMILES string of the molecule is CN(CCC(=N)N)CCc1cccnc1. The van der Waals surface area contributed by atoms with Crippen LogP contribution in [0.2, 0.25) is 0 Å². The molecule has 0 radical (unpaired) electrons. The number of hydrogen-bond donors (Lipinski definition) is 2. The lowest BCUT2D eigenvalue weighted by Crippen LogP contribution is -2.26. The van der Waals surface area contributed by atoms with Crippen molar-refractivity contribution in [2.45, 2.75) is 12.8 Å². The van der Waals surface area contributed by atoms with Gasteiger partial charge >= 0.3 is 0 Å². The van der Waals surface area contributed by atoms with Crippen molar-refractivity contribution in [3.63, 3.8) is 0 Å². The lowest BCUT2D eigenvalue weighted by Gasteiger charge is -2.15. The van der Waals surface area contributed by atoms with Gasteiger partial charge in [0.05, 0.1) is 5.84 Å². The summed E-state index contributed by atoms with van der Waals surface area (Å²) in [7, 11) is 2.04. The third kappa shape index (κ3) is 5.12. The van der Waals surface area contributed by atoms with E-state index in [1.807, 2.05) is 19.3 Å². The zero-order valence-electron chi connectivity index (χ0n) is 9.11. The summed E-state index contributed by atoms with van der Waals surface area (Å²) >= 11 is 0. The standard InChI is InChI=1S/C11H18N4/c1-15(8-5-11(12)13)7-4-10-3-2-6-14-9-10/h2-3,6,9H,4-5,7-8H2,1H3,(H3,12,13). The van der Waals surface area contributed by atoms with Gasteiger partial charge in [0.15, 0.2) is 0 Å². The van der Waals surface area contributed by atoms with Gasteiger partial charge in [-0.3, -0.25) is 10.4 Å². The second-order valence-corrected chi connectivity index (χ2v) is 3.69. The molecule has 0 saturated heterocycles. The Kier molecular flexibility index (Phi) is 4.77. The van der Waals surface area contributed by atoms with Gasteiger partial charge in [-0.05, 0) is 25.1 Å². The molecule has 3 N–H and O–H groups in total. The van der Waals surface area contributed by atoms with E-state index in [0.717, 1.165) is 19.5 Å². The van der Waals surface area contributed by atoms with Crippen LogP contribution in [0.1, 0.15) is 12.0 Å². The van der Waals surface area contributed by atoms with Gasteiger partial charge in [0, 0.05) is 31.9 Å². The second kappa shape index (κ2) is 6.14. The maximum Gasteiger partial charge on any atom is 0.0918 e. The summed E-state index contributed by atoms with van der Waals surface area (Å²) in [5.74, 6) is 0.253. The molecule has 0 atom stereocenters. The zero-order valence-corrected chi connectivity index (χ0v) is 9.11. The molecule has 4 nitrogen and oxygen atoms in total. The highest BCUT2D eigenvalue weighted by molar-refractivity contribution is 5.76. The molecule has 0 aromatic carbocycles. The molecule has 0 amide bonds. The fourth-order valence-electron chi connectivity index (χ4n) is 1.29. The van der Waals surface area contributed by atoms with E-state index in [4.69, 9.17) is 11.1 Å². The highest BCUT2D eigenvalue weighted by Crippen LogP contribution is 1.98. The predicted octanol–water partition coefficient (Wildman–Crippen LogP) is 0.882. The summed E-state index contributed by atoms with van der Waals surface area (Å²) in [5, 5.41) is 7.13. The molecule has 0 bridgehead atoms. The van der Waals surface area contributed by atoms with E-state index in [1.165, 1.54) is 5.56 Å². The molecule has 82 valence electrons. The molecule has 0 aliphatic heterocycles. The molecule has 1 aromatic heterocycles. The van der Waals surface area contributed by atoms with Crippen molar-refractivity contribution >= 4 is 5.84 Å². The van der Waals surface area contributed by atoms with Crippen molar-refractivity contribution < 1.29 is 0 Å². The summed E-state index contributed by atoms with van der Waals surface area (Å²) in [5.41, 5.74) is 6.54. The van der Waals surface area contributed by atoms with Crippen molar-refractivity contribution in [1.29, 1.82) is 5.41 Å². The number of hydrogen-bond acceptors (Lipinski definition) is 3. The van der Waals surface area contributed by atoms with E-state index in [1.54, 1.807) is 6.20 Å². The largest absolute Gasteiger partial charge is 0.388 e. The van der Waals surface area contributed by atoms with E-state index < -0.39 is 0 Å². The van der Waals surface area contributed by atoms with Crippen LogP contribution in [-0.2, 0) is 6.42 Å². The Morgan fingerprint density at radius 3 is 2.93 bits per heavy atom. The van der Waals surface area contributed by atoms with E-state index in [0.29, 0.717) is 6.42 Å². The van der Waals surface area contributed by atoms with Crippen LogP contribution in [0, 0.1) is 5.41 Å². The van der Waals surface area contributed by atoms with Crippen molar-refractivity contribution in [2.75, 3.05) is 20.1 Å². The van der Waals surface area contributed by atoms with E-state index >= 15 is 0 Å². The Bertz CT molecular complexity index is 297. The smallest absolute Gasteiger partial charge is 0.0918 e. The minimum atomic E-state index is 0.253. The molecule has 0 aliphatic carbocycles. The normalized spacial score (nSPS) is 10.5. The monoisotopic (exact) mass is 206 g/mol. The molecule has 1 aromatic rings. The number of likely N-dealkylation sites (N-methyl/N-ethyl adjacent to an activating group) is 1. The Labute approximate surface area is 90.6 Å². The number of amidine groups is 1. The van der Waals surface area contributed by atoms with Crippen molar-refractivity contribution in [3.05, 3.63) is 30.1 Å². The molecular weight excluding hydrogens is 188 g/mol. The fourth-order valence-corrected chi connectivity index (χ4v) is 1.29. The summed E-state index contributed by atoms with van der Waals surface area (Å²) in [6.07, 6.45) is 5.30. The Hall–Kier alpha value is -1.42. The van der Waals surface area contributed by atoms with Crippen LogP contribution in [0.4, 0.5) is 0 Å². The van der Waals surface area contributed by atoms with Gasteiger partial charge in [0.2, 0.25) is 0 Å². The molecule has 15 heavy (non-hydrogen) atoms. The van der Waals surface area contributed by atoms with Crippen LogP contribution in [0.15, 0.2) is 24.5 Å². The molecular formula is C11H18N4. The number of pyridine rings is 1. The second-order valence-electron chi connectivity index (χ2n) is 3.69. The maximum atomic E-state index is 7.13. The van der Waals surface area contributed by atoms with Gasteiger partial charge in [-0.2, -0.15) is 0 Å². The van der Waals surface area contributed by atoms with Crippen LogP contribution in [0.25, 0.3) is 0 Å². The molecule has 0 aliphatic rings. The summed E-state index contributed by atoms with van der Waals surface area (Å²) < 4.78 is 0. The van der Waals surface area contributed by atoms with E-state index in [-0.39, 0.29) is 5.84 Å². The van der Waals surface area contributed by atoms with Crippen LogP contribution in [0.3, 0.4) is 0 Å². The van der Waals surface area contributed by atoms with Crippen LogP contribution >= 0.6 is 0 Å². The Balaban J connectivity index is 2.22. The minimum Gasteiger partial charge on any atom is -0.388 e. The average Bonchev–Trinajstić information content (AvgIpc) is 2.25. The van der Waals surface area contributed by atoms with Gasteiger partial charge in [-0.15, -0.1) is 0 Å². The van der Waals surface area contributed by atoms with Gasteiger partial charge in [0.25, 0.3) is 0 Å². The molecule has 0 saturated carbocycles. The highest BCUT2D eigenvalue weighted by atomic mass is 15.1. The number of nitrogens with two attached hydrogens (primary N) is 1. The first-order valence-electron chi connectivity index (χ1n) is 5.09. The number of rotatable bonds is 6. The molecule has 1 rings (SSSR count). The third-order valence-corrected chi connectivity index (χ3v) is 2.27. The number of nitrogens with one attached hydrogen (secondary N) is 1. The van der Waals surface area contributed by atoms with E-state index in [2.05, 4.69) is 16.0 Å². The molecule has 0 spiro atoms. The lowest BCUT2D eigenvalue weighted by atomic mass is 10.2. The summed E-state index contributed by atoms with van der Waals surface area (Å²) in [6.45, 7) is 1.81. The first-order chi connectivity index (χ1) is 7.18. The van der Waals surface area contributed by atoms with Crippen molar-refractivity contribution in [1.82, 2.24) is 9.88 Å². The van der Waals surface area contributed by atoms with Gasteiger partial charge in [0.1, 0.15) is 0 Å². The quantitative estimate of drug-likeness (QED) is 0.536. The summed E-state index contributed by atoms with van der Waals surface area (Å²) in [4.78, 5) is 6.24. The van der Waals surface area contributed by atoms with Crippen molar-refractivity contribution in [2.24, 2.45) is 5.73 Å². The minimum absolute atomic E-state index is 0.253. The van der Waals surface area contributed by atoms with Crippen LogP contribution < -0.4 is 5.73 Å². The molecule has 0 unspecified atom stereocenters. The molecule has 0 fully saturated rings. The maximum absolute atomic E-state index is 7.13. The van der Waals surface area contributed by atoms with Gasteiger partial charge < -0.3 is 10.6 Å². The molecule has 1 heterocycles. The highest BCUT2D eigenvalue weighted by Gasteiger charge is 2.00. The lowest BCUT2D eigenvalue weighted by molar-refractivity contribution is 0.348.